The summed E-state index contributed by atoms with van der Waals surface area (Å²) in [6.07, 6.45) is 3.59. The van der Waals surface area contributed by atoms with Gasteiger partial charge in [0, 0.05) is 17.1 Å². The minimum Gasteiger partial charge on any atom is -0.480 e. The highest BCUT2D eigenvalue weighted by atomic mass is 16.4. The molecule has 0 saturated heterocycles. The highest BCUT2D eigenvalue weighted by molar-refractivity contribution is 5.94. The van der Waals surface area contributed by atoms with Crippen molar-refractivity contribution in [2.75, 3.05) is 13.1 Å². The van der Waals surface area contributed by atoms with Crippen LogP contribution in [0.3, 0.4) is 0 Å². The zero-order chi connectivity index (χ0) is 26.0. The molecule has 0 saturated carbocycles. The topological polar surface area (TPSA) is 192 Å². The predicted molar refractivity (Wildman–Crippen MR) is 132 cm³/mol. The van der Waals surface area contributed by atoms with Gasteiger partial charge in [-0.25, -0.2) is 0 Å². The number of hydrogen-bond acceptors (Lipinski definition) is 6. The molecule has 35 heavy (non-hydrogen) atoms. The monoisotopic (exact) mass is 488 g/mol. The Bertz CT molecular complexity index is 1020. The molecular formula is C24H36N6O5. The second-order valence-electron chi connectivity index (χ2n) is 8.86. The van der Waals surface area contributed by atoms with Crippen LogP contribution in [0.2, 0.25) is 0 Å². The number of hydrogen-bond donors (Lipinski definition) is 7. The number of benzene rings is 1. The Kier molecular flexibility index (Phi) is 10.7. The minimum atomic E-state index is -1.19. The Hall–Kier alpha value is -3.44. The standard InChI is InChI=1S/C24H36N6O5/c1-14(2)21(24(35)29-19(9-5-6-10-25)23(34)28-13-20(31)32)30-22(33)17(26)11-15-12-27-18-8-4-3-7-16(15)18/h3-4,7-8,12,14,17,19,21,27H,5-6,9-11,13,25-26H2,1-2H3,(H,28,34)(H,29,35)(H,30,33)(H,31,32). The van der Waals surface area contributed by atoms with E-state index in [1.807, 2.05) is 30.5 Å². The van der Waals surface area contributed by atoms with Crippen molar-refractivity contribution in [1.82, 2.24) is 20.9 Å². The van der Waals surface area contributed by atoms with Gasteiger partial charge in [0.05, 0.1) is 6.04 Å². The lowest BCUT2D eigenvalue weighted by Crippen LogP contribution is -2.57. The summed E-state index contributed by atoms with van der Waals surface area (Å²) in [6, 6.07) is 4.92. The van der Waals surface area contributed by atoms with Crippen LogP contribution in [0.25, 0.3) is 10.9 Å². The summed E-state index contributed by atoms with van der Waals surface area (Å²) in [5, 5.41) is 17.4. The Balaban J connectivity index is 2.04. The first kappa shape index (κ1) is 27.8. The van der Waals surface area contributed by atoms with Crippen molar-refractivity contribution in [1.29, 1.82) is 0 Å². The van der Waals surface area contributed by atoms with E-state index in [2.05, 4.69) is 20.9 Å². The maximum atomic E-state index is 13.0. The number of nitrogens with two attached hydrogens (primary N) is 2. The number of para-hydroxylation sites is 1. The number of carbonyl (C=O) groups excluding carboxylic acids is 3. The van der Waals surface area contributed by atoms with E-state index in [1.165, 1.54) is 0 Å². The van der Waals surface area contributed by atoms with Crippen LogP contribution < -0.4 is 27.4 Å². The van der Waals surface area contributed by atoms with Gasteiger partial charge in [0.15, 0.2) is 0 Å². The molecule has 3 atom stereocenters. The van der Waals surface area contributed by atoms with Gasteiger partial charge in [-0.1, -0.05) is 32.0 Å². The molecule has 3 unspecified atom stereocenters. The Morgan fingerprint density at radius 3 is 2.40 bits per heavy atom. The molecule has 11 heteroatoms. The fourth-order valence-corrected chi connectivity index (χ4v) is 3.73. The van der Waals surface area contributed by atoms with Gasteiger partial charge in [0.2, 0.25) is 17.7 Å². The van der Waals surface area contributed by atoms with Gasteiger partial charge in [-0.3, -0.25) is 19.2 Å². The van der Waals surface area contributed by atoms with Crippen LogP contribution in [0.1, 0.15) is 38.7 Å². The van der Waals surface area contributed by atoms with Crippen molar-refractivity contribution in [2.45, 2.75) is 57.7 Å². The lowest BCUT2D eigenvalue weighted by Gasteiger charge is -2.26. The number of carbonyl (C=O) groups is 4. The molecule has 11 nitrogen and oxygen atoms in total. The van der Waals surface area contributed by atoms with E-state index in [0.717, 1.165) is 16.5 Å². The van der Waals surface area contributed by atoms with E-state index >= 15 is 0 Å². The van der Waals surface area contributed by atoms with Crippen LogP contribution in [-0.4, -0.2) is 65.0 Å². The lowest BCUT2D eigenvalue weighted by atomic mass is 10.00. The van der Waals surface area contributed by atoms with Crippen LogP contribution in [-0.2, 0) is 25.6 Å². The SMILES string of the molecule is CC(C)C(NC(=O)C(N)Cc1c[nH]c2ccccc12)C(=O)NC(CCCCN)C(=O)NCC(=O)O. The fourth-order valence-electron chi connectivity index (χ4n) is 3.73. The first-order valence-electron chi connectivity index (χ1n) is 11.7. The number of H-pyrrole nitrogens is 1. The van der Waals surface area contributed by atoms with Crippen molar-refractivity contribution >= 4 is 34.6 Å². The largest absolute Gasteiger partial charge is 0.480 e. The third-order valence-corrected chi connectivity index (χ3v) is 5.69. The van der Waals surface area contributed by atoms with Crippen molar-refractivity contribution in [3.05, 3.63) is 36.0 Å². The van der Waals surface area contributed by atoms with Gasteiger partial charge in [-0.2, -0.15) is 0 Å². The molecule has 1 aromatic carbocycles. The van der Waals surface area contributed by atoms with E-state index in [0.29, 0.717) is 19.4 Å². The van der Waals surface area contributed by atoms with Gasteiger partial charge in [-0.15, -0.1) is 0 Å². The molecule has 192 valence electrons. The Morgan fingerprint density at radius 1 is 1.03 bits per heavy atom. The zero-order valence-electron chi connectivity index (χ0n) is 20.2. The van der Waals surface area contributed by atoms with E-state index in [-0.39, 0.29) is 18.8 Å². The summed E-state index contributed by atoms with van der Waals surface area (Å²) in [5.41, 5.74) is 13.5. The molecular weight excluding hydrogens is 452 g/mol. The molecule has 1 heterocycles. The first-order valence-corrected chi connectivity index (χ1v) is 11.7. The molecule has 0 radical (unpaired) electrons. The molecule has 0 aliphatic carbocycles. The molecule has 0 bridgehead atoms. The van der Waals surface area contributed by atoms with E-state index in [1.54, 1.807) is 13.8 Å². The maximum absolute atomic E-state index is 13.0. The van der Waals surface area contributed by atoms with Gasteiger partial charge in [-0.05, 0) is 49.8 Å². The molecule has 0 aliphatic rings. The second-order valence-corrected chi connectivity index (χ2v) is 8.86. The van der Waals surface area contributed by atoms with Crippen LogP contribution in [0, 0.1) is 5.92 Å². The number of unbranched alkanes of at least 4 members (excludes halogenated alkanes) is 1. The van der Waals surface area contributed by atoms with E-state index in [9.17, 15) is 19.2 Å². The number of nitrogens with one attached hydrogen (secondary N) is 4. The van der Waals surface area contributed by atoms with Crippen LogP contribution >= 0.6 is 0 Å². The van der Waals surface area contributed by atoms with E-state index in [4.69, 9.17) is 16.6 Å². The maximum Gasteiger partial charge on any atom is 0.322 e. The number of amides is 3. The van der Waals surface area contributed by atoms with Crippen molar-refractivity contribution < 1.29 is 24.3 Å². The number of carboxylic acids is 1. The van der Waals surface area contributed by atoms with Crippen LogP contribution in [0.5, 0.6) is 0 Å². The zero-order valence-corrected chi connectivity index (χ0v) is 20.2. The Morgan fingerprint density at radius 2 is 1.74 bits per heavy atom. The molecule has 2 aromatic rings. The van der Waals surface area contributed by atoms with Crippen molar-refractivity contribution in [3.63, 3.8) is 0 Å². The number of aliphatic carboxylic acids is 1. The fraction of sp³-hybridized carbons (Fsp3) is 0.500. The summed E-state index contributed by atoms with van der Waals surface area (Å²) >= 11 is 0. The molecule has 1 aromatic heterocycles. The summed E-state index contributed by atoms with van der Waals surface area (Å²) in [4.78, 5) is 52.3. The number of aromatic amines is 1. The van der Waals surface area contributed by atoms with Gasteiger partial charge in [0.25, 0.3) is 0 Å². The highest BCUT2D eigenvalue weighted by Gasteiger charge is 2.30. The molecule has 9 N–H and O–H groups in total. The van der Waals surface area contributed by atoms with Gasteiger partial charge < -0.3 is 37.5 Å². The van der Waals surface area contributed by atoms with Crippen LogP contribution in [0.4, 0.5) is 0 Å². The average Bonchev–Trinajstić information content (AvgIpc) is 3.22. The van der Waals surface area contributed by atoms with E-state index < -0.39 is 48.4 Å². The molecule has 0 fully saturated rings. The molecule has 0 spiro atoms. The predicted octanol–water partition coefficient (Wildman–Crippen LogP) is -0.00690. The Labute approximate surface area is 204 Å². The summed E-state index contributed by atoms with van der Waals surface area (Å²) < 4.78 is 0. The average molecular weight is 489 g/mol. The third kappa shape index (κ3) is 8.37. The minimum absolute atomic E-state index is 0.279. The summed E-state index contributed by atoms with van der Waals surface area (Å²) in [5.74, 6) is -3.12. The lowest BCUT2D eigenvalue weighted by molar-refractivity contribution is -0.138. The molecule has 2 rings (SSSR count). The number of aromatic nitrogens is 1. The first-order chi connectivity index (χ1) is 16.6. The molecule has 0 aliphatic heterocycles. The smallest absolute Gasteiger partial charge is 0.322 e. The second kappa shape index (κ2) is 13.4. The van der Waals surface area contributed by atoms with Crippen molar-refractivity contribution in [2.24, 2.45) is 17.4 Å². The van der Waals surface area contributed by atoms with Crippen LogP contribution in [0.15, 0.2) is 30.5 Å². The summed E-state index contributed by atoms with van der Waals surface area (Å²) in [6.45, 7) is 3.40. The quantitative estimate of drug-likeness (QED) is 0.182. The van der Waals surface area contributed by atoms with Gasteiger partial charge in [0.1, 0.15) is 18.6 Å². The highest BCUT2D eigenvalue weighted by Crippen LogP contribution is 2.19. The summed E-state index contributed by atoms with van der Waals surface area (Å²) in [7, 11) is 0. The number of carboxylic acid groups (broad SMARTS) is 1. The van der Waals surface area contributed by atoms with Gasteiger partial charge >= 0.3 is 5.97 Å². The number of rotatable bonds is 14. The normalized spacial score (nSPS) is 13.7. The molecule has 3 amide bonds. The van der Waals surface area contributed by atoms with Crippen molar-refractivity contribution in [3.8, 4) is 0 Å². The number of fused-ring (bicyclic) bond motifs is 1. The third-order valence-electron chi connectivity index (χ3n) is 5.69.